The highest BCUT2D eigenvalue weighted by Crippen LogP contribution is 2.27. The molecule has 0 saturated heterocycles. The van der Waals surface area contributed by atoms with Crippen LogP contribution in [0.1, 0.15) is 0 Å². The third-order valence-corrected chi connectivity index (χ3v) is 4.71. The third kappa shape index (κ3) is 3.54. The molecular formula is C14H14BrFN2O2S. The van der Waals surface area contributed by atoms with Gasteiger partial charge in [-0.3, -0.25) is 4.72 Å². The molecule has 21 heavy (non-hydrogen) atoms. The normalized spacial score (nSPS) is 11.2. The maximum Gasteiger partial charge on any atom is 0.264 e. The molecule has 0 aliphatic carbocycles. The zero-order valence-electron chi connectivity index (χ0n) is 11.5. The second kappa shape index (κ2) is 6.03. The lowest BCUT2D eigenvalue weighted by Gasteiger charge is -2.18. The summed E-state index contributed by atoms with van der Waals surface area (Å²) in [6, 6.07) is 10.7. The van der Waals surface area contributed by atoms with Gasteiger partial charge in [-0.25, -0.2) is 12.8 Å². The van der Waals surface area contributed by atoms with Crippen LogP contribution >= 0.6 is 15.9 Å². The van der Waals surface area contributed by atoms with Gasteiger partial charge in [-0.05, 0) is 30.3 Å². The molecule has 112 valence electrons. The van der Waals surface area contributed by atoms with Crippen LogP contribution in [0.15, 0.2) is 51.8 Å². The summed E-state index contributed by atoms with van der Waals surface area (Å²) in [7, 11) is -0.391. The van der Waals surface area contributed by atoms with Crippen molar-refractivity contribution in [3.05, 3.63) is 52.8 Å². The lowest BCUT2D eigenvalue weighted by molar-refractivity contribution is 0.570. The van der Waals surface area contributed by atoms with Crippen LogP contribution < -0.4 is 9.62 Å². The number of hydrogen-bond acceptors (Lipinski definition) is 3. The van der Waals surface area contributed by atoms with Crippen LogP contribution in [0, 0.1) is 5.82 Å². The predicted molar refractivity (Wildman–Crippen MR) is 85.7 cm³/mol. The summed E-state index contributed by atoms with van der Waals surface area (Å²) >= 11 is 3.10. The highest BCUT2D eigenvalue weighted by Gasteiger charge is 2.20. The van der Waals surface area contributed by atoms with Crippen molar-refractivity contribution in [3.63, 3.8) is 0 Å². The van der Waals surface area contributed by atoms with Crippen LogP contribution in [0.25, 0.3) is 0 Å². The molecule has 0 spiro atoms. The first-order valence-corrected chi connectivity index (χ1v) is 8.33. The fourth-order valence-corrected chi connectivity index (χ4v) is 3.31. The Morgan fingerprint density at radius 2 is 1.81 bits per heavy atom. The van der Waals surface area contributed by atoms with Crippen molar-refractivity contribution in [1.29, 1.82) is 0 Å². The molecule has 0 radical (unpaired) electrons. The van der Waals surface area contributed by atoms with Crippen molar-refractivity contribution in [2.45, 2.75) is 4.90 Å². The summed E-state index contributed by atoms with van der Waals surface area (Å²) < 4.78 is 41.4. The Hall–Kier alpha value is -1.60. The molecule has 0 amide bonds. The zero-order chi connectivity index (χ0) is 15.6. The number of rotatable bonds is 4. The molecule has 2 aromatic carbocycles. The van der Waals surface area contributed by atoms with Gasteiger partial charge < -0.3 is 4.90 Å². The van der Waals surface area contributed by atoms with Crippen LogP contribution in [0.2, 0.25) is 0 Å². The van der Waals surface area contributed by atoms with Gasteiger partial charge in [0.25, 0.3) is 10.0 Å². The second-order valence-electron chi connectivity index (χ2n) is 4.59. The molecule has 1 N–H and O–H groups in total. The third-order valence-electron chi connectivity index (χ3n) is 2.81. The van der Waals surface area contributed by atoms with Gasteiger partial charge in [-0.1, -0.05) is 28.1 Å². The number of halogens is 2. The van der Waals surface area contributed by atoms with Crippen molar-refractivity contribution in [2.75, 3.05) is 23.7 Å². The van der Waals surface area contributed by atoms with Gasteiger partial charge in [0.15, 0.2) is 0 Å². The van der Waals surface area contributed by atoms with Crippen molar-refractivity contribution in [2.24, 2.45) is 0 Å². The molecule has 0 saturated carbocycles. The highest BCUT2D eigenvalue weighted by atomic mass is 79.9. The number of sulfonamides is 1. The Morgan fingerprint density at radius 3 is 2.43 bits per heavy atom. The Labute approximate surface area is 131 Å². The number of nitrogens with one attached hydrogen (secondary N) is 1. The minimum atomic E-state index is -3.99. The second-order valence-corrected chi connectivity index (χ2v) is 7.16. The fraction of sp³-hybridized carbons (Fsp3) is 0.143. The first-order valence-electron chi connectivity index (χ1n) is 6.05. The van der Waals surface area contributed by atoms with Gasteiger partial charge in [0.1, 0.15) is 10.7 Å². The van der Waals surface area contributed by atoms with Crippen LogP contribution in [0.3, 0.4) is 0 Å². The van der Waals surface area contributed by atoms with Crippen molar-refractivity contribution in [1.82, 2.24) is 0 Å². The van der Waals surface area contributed by atoms with Gasteiger partial charge in [0, 0.05) is 18.6 Å². The molecule has 7 heteroatoms. The molecule has 2 aromatic rings. The Balaban J connectivity index is 2.43. The molecule has 0 bridgehead atoms. The van der Waals surface area contributed by atoms with Crippen molar-refractivity contribution in [3.8, 4) is 0 Å². The van der Waals surface area contributed by atoms with E-state index in [9.17, 15) is 12.8 Å². The van der Waals surface area contributed by atoms with Gasteiger partial charge in [-0.2, -0.15) is 0 Å². The number of benzene rings is 2. The standard InChI is InChI=1S/C14H14BrFN2O2S/c1-18(2)13-6-4-3-5-12(13)17-21(19,20)14-8-7-10(15)9-11(14)16/h3-9,17H,1-2H3. The summed E-state index contributed by atoms with van der Waals surface area (Å²) in [5, 5.41) is 0. The van der Waals surface area contributed by atoms with E-state index in [0.29, 0.717) is 15.8 Å². The fourth-order valence-electron chi connectivity index (χ4n) is 1.84. The van der Waals surface area contributed by atoms with E-state index in [1.807, 2.05) is 0 Å². The van der Waals surface area contributed by atoms with E-state index in [2.05, 4.69) is 20.7 Å². The summed E-state index contributed by atoms with van der Waals surface area (Å²) in [5.41, 5.74) is 1.09. The van der Waals surface area contributed by atoms with E-state index in [4.69, 9.17) is 0 Å². The van der Waals surface area contributed by atoms with Gasteiger partial charge in [0.2, 0.25) is 0 Å². The van der Waals surface area contributed by atoms with E-state index >= 15 is 0 Å². The number of para-hydroxylation sites is 2. The highest BCUT2D eigenvalue weighted by molar-refractivity contribution is 9.10. The Morgan fingerprint density at radius 1 is 1.14 bits per heavy atom. The summed E-state index contributed by atoms with van der Waals surface area (Å²) in [6.45, 7) is 0. The summed E-state index contributed by atoms with van der Waals surface area (Å²) in [6.07, 6.45) is 0. The topological polar surface area (TPSA) is 49.4 Å². The molecule has 0 aliphatic heterocycles. The molecule has 0 fully saturated rings. The minimum Gasteiger partial charge on any atom is -0.376 e. The van der Waals surface area contributed by atoms with Gasteiger partial charge in [-0.15, -0.1) is 0 Å². The predicted octanol–water partition coefficient (Wildman–Crippen LogP) is 3.46. The maximum absolute atomic E-state index is 13.8. The van der Waals surface area contributed by atoms with Crippen LogP contribution in [-0.4, -0.2) is 22.5 Å². The van der Waals surface area contributed by atoms with Gasteiger partial charge in [0.05, 0.1) is 11.4 Å². The van der Waals surface area contributed by atoms with E-state index < -0.39 is 15.8 Å². The lowest BCUT2D eigenvalue weighted by Crippen LogP contribution is -2.18. The summed E-state index contributed by atoms with van der Waals surface area (Å²) in [4.78, 5) is 1.38. The molecule has 0 heterocycles. The van der Waals surface area contributed by atoms with Crippen LogP contribution in [0.4, 0.5) is 15.8 Å². The average molecular weight is 373 g/mol. The first kappa shape index (κ1) is 15.8. The smallest absolute Gasteiger partial charge is 0.264 e. The number of hydrogen-bond donors (Lipinski definition) is 1. The molecule has 0 atom stereocenters. The van der Waals surface area contributed by atoms with E-state index in [-0.39, 0.29) is 4.90 Å². The van der Waals surface area contributed by atoms with Gasteiger partial charge >= 0.3 is 0 Å². The van der Waals surface area contributed by atoms with Crippen LogP contribution in [-0.2, 0) is 10.0 Å². The SMILES string of the molecule is CN(C)c1ccccc1NS(=O)(=O)c1ccc(Br)cc1F. The quantitative estimate of drug-likeness (QED) is 0.893. The monoisotopic (exact) mass is 372 g/mol. The van der Waals surface area contributed by atoms with Crippen molar-refractivity contribution < 1.29 is 12.8 Å². The van der Waals surface area contributed by atoms with E-state index in [0.717, 1.165) is 6.07 Å². The lowest BCUT2D eigenvalue weighted by atomic mass is 10.2. The number of nitrogens with zero attached hydrogens (tertiary/aromatic N) is 1. The van der Waals surface area contributed by atoms with E-state index in [1.165, 1.54) is 12.1 Å². The molecule has 0 unspecified atom stereocenters. The Bertz CT molecular complexity index is 763. The molecule has 2 rings (SSSR count). The summed E-state index contributed by atoms with van der Waals surface area (Å²) in [5.74, 6) is -0.806. The molecular weight excluding hydrogens is 359 g/mol. The molecule has 4 nitrogen and oxygen atoms in total. The average Bonchev–Trinajstić information content (AvgIpc) is 2.37. The first-order chi connectivity index (χ1) is 9.81. The zero-order valence-corrected chi connectivity index (χ0v) is 13.9. The number of anilines is 2. The van der Waals surface area contributed by atoms with Crippen LogP contribution in [0.5, 0.6) is 0 Å². The van der Waals surface area contributed by atoms with E-state index in [1.54, 1.807) is 43.3 Å². The Kier molecular flexibility index (Phi) is 4.53. The maximum atomic E-state index is 13.8. The molecule has 0 aliphatic rings. The molecule has 0 aromatic heterocycles. The van der Waals surface area contributed by atoms with Crippen molar-refractivity contribution >= 4 is 37.3 Å². The minimum absolute atomic E-state index is 0.390. The largest absolute Gasteiger partial charge is 0.376 e.